The summed E-state index contributed by atoms with van der Waals surface area (Å²) in [5.41, 5.74) is -4.41. The first-order valence-corrected chi connectivity index (χ1v) is 10.2. The topological polar surface area (TPSA) is 243 Å². The van der Waals surface area contributed by atoms with Gasteiger partial charge >= 0.3 is 5.97 Å². The number of phenolic OH excluding ortho intramolecular Hbond substituents is 3. The van der Waals surface area contributed by atoms with Gasteiger partial charge in [0.05, 0.1) is 23.3 Å². The summed E-state index contributed by atoms with van der Waals surface area (Å²) in [4.78, 5) is 38.0. The Balaban J connectivity index is 1.96. The molecule has 1 fully saturated rings. The van der Waals surface area contributed by atoms with E-state index in [0.717, 1.165) is 13.0 Å². The molecule has 1 aliphatic carbocycles. The zero-order valence-corrected chi connectivity index (χ0v) is 17.8. The Hall–Kier alpha value is -3.75. The molecule has 2 aromatic carbocycles. The molecule has 5 atom stereocenters. The number of carbonyl (C=O) groups excluding carboxylic acids is 2. The Labute approximate surface area is 195 Å². The average Bonchev–Trinajstić information content (AvgIpc) is 3.08. The van der Waals surface area contributed by atoms with Crippen LogP contribution in [0.25, 0.3) is 0 Å². The van der Waals surface area contributed by atoms with Gasteiger partial charge in [0.25, 0.3) is 0 Å². The van der Waals surface area contributed by atoms with E-state index in [0.29, 0.717) is 0 Å². The van der Waals surface area contributed by atoms with Crippen molar-refractivity contribution in [1.29, 1.82) is 0 Å². The molecule has 2 aromatic rings. The summed E-state index contributed by atoms with van der Waals surface area (Å²) in [5.74, 6) is -8.16. The van der Waals surface area contributed by atoms with Gasteiger partial charge in [-0.2, -0.15) is 0 Å². The van der Waals surface area contributed by atoms with Crippen molar-refractivity contribution in [2.45, 2.75) is 37.4 Å². The van der Waals surface area contributed by atoms with Crippen molar-refractivity contribution in [3.63, 3.8) is 0 Å². The second-order valence-corrected chi connectivity index (χ2v) is 8.24. The molecule has 13 heteroatoms. The minimum absolute atomic E-state index is 0.302. The van der Waals surface area contributed by atoms with Crippen LogP contribution in [-0.2, 0) is 4.74 Å². The first-order chi connectivity index (χ1) is 16.3. The lowest BCUT2D eigenvalue weighted by Crippen LogP contribution is -2.40. The number of carbonyl (C=O) groups is 3. The second kappa shape index (κ2) is 8.18. The maximum atomic E-state index is 13.4. The summed E-state index contributed by atoms with van der Waals surface area (Å²) in [6, 6.07) is 0.720. The summed E-state index contributed by atoms with van der Waals surface area (Å²) in [6.07, 6.45) is -8.83. The van der Waals surface area contributed by atoms with E-state index in [2.05, 4.69) is 0 Å². The minimum atomic E-state index is -1.92. The third kappa shape index (κ3) is 3.25. The summed E-state index contributed by atoms with van der Waals surface area (Å²) >= 11 is 0. The number of benzene rings is 2. The third-order valence-corrected chi connectivity index (χ3v) is 6.31. The molecule has 1 aliphatic heterocycles. The van der Waals surface area contributed by atoms with E-state index in [1.165, 1.54) is 0 Å². The molecular formula is C22H20O13. The molecule has 4 rings (SSSR count). The second-order valence-electron chi connectivity index (χ2n) is 8.24. The van der Waals surface area contributed by atoms with Crippen LogP contribution in [0.5, 0.6) is 23.0 Å². The number of ketones is 2. The molecule has 0 bridgehead atoms. The van der Waals surface area contributed by atoms with Crippen molar-refractivity contribution in [3.05, 3.63) is 45.0 Å². The van der Waals surface area contributed by atoms with Gasteiger partial charge in [-0.15, -0.1) is 0 Å². The van der Waals surface area contributed by atoms with Gasteiger partial charge in [-0.3, -0.25) is 9.59 Å². The van der Waals surface area contributed by atoms with Crippen LogP contribution in [0.1, 0.15) is 59.4 Å². The smallest absolute Gasteiger partial charge is 0.339 e. The molecule has 0 radical (unpaired) electrons. The van der Waals surface area contributed by atoms with E-state index in [1.54, 1.807) is 0 Å². The Bertz CT molecular complexity index is 1300. The highest BCUT2D eigenvalue weighted by Gasteiger charge is 2.50. The third-order valence-electron chi connectivity index (χ3n) is 6.31. The van der Waals surface area contributed by atoms with Crippen LogP contribution in [0.4, 0.5) is 0 Å². The number of carboxylic acid groups (broad SMARTS) is 1. The van der Waals surface area contributed by atoms with E-state index in [4.69, 9.17) is 9.84 Å². The molecule has 1 saturated heterocycles. The van der Waals surface area contributed by atoms with Crippen LogP contribution in [0, 0.1) is 6.92 Å². The average molecular weight is 492 g/mol. The molecule has 0 amide bonds. The lowest BCUT2D eigenvalue weighted by Gasteiger charge is -2.26. The highest BCUT2D eigenvalue weighted by molar-refractivity contribution is 6.31. The Morgan fingerprint density at radius 2 is 1.57 bits per heavy atom. The van der Waals surface area contributed by atoms with Crippen molar-refractivity contribution in [2.24, 2.45) is 0 Å². The number of phenols is 4. The fourth-order valence-electron chi connectivity index (χ4n) is 4.61. The molecule has 35 heavy (non-hydrogen) atoms. The maximum Gasteiger partial charge on any atom is 0.339 e. The molecule has 0 spiro atoms. The zero-order valence-electron chi connectivity index (χ0n) is 17.8. The van der Waals surface area contributed by atoms with Crippen LogP contribution in [0.15, 0.2) is 6.07 Å². The number of aromatic hydroxyl groups is 4. The molecule has 0 unspecified atom stereocenters. The lowest BCUT2D eigenvalue weighted by molar-refractivity contribution is -0.0826. The van der Waals surface area contributed by atoms with Gasteiger partial charge in [-0.25, -0.2) is 4.79 Å². The van der Waals surface area contributed by atoms with Crippen LogP contribution >= 0.6 is 0 Å². The first-order valence-electron chi connectivity index (χ1n) is 10.2. The van der Waals surface area contributed by atoms with E-state index < -0.39 is 111 Å². The normalized spacial score (nSPS) is 24.3. The van der Waals surface area contributed by atoms with Crippen molar-refractivity contribution < 1.29 is 65.1 Å². The monoisotopic (exact) mass is 492 g/mol. The Morgan fingerprint density at radius 3 is 2.14 bits per heavy atom. The first kappa shape index (κ1) is 24.4. The van der Waals surface area contributed by atoms with Crippen LogP contribution in [0.3, 0.4) is 0 Å². The largest absolute Gasteiger partial charge is 0.507 e. The number of hydrogen-bond acceptors (Lipinski definition) is 12. The van der Waals surface area contributed by atoms with Crippen LogP contribution in [0.2, 0.25) is 0 Å². The van der Waals surface area contributed by atoms with E-state index in [-0.39, 0.29) is 5.56 Å². The SMILES string of the molecule is Cc1c(C(=O)O)c(O)cc2c1C(=O)c1c(O)c([C@H]3O[C@H]([C@H](O)CO)[C@H](O)[C@H]3O)c(O)c(O)c1C2=O. The van der Waals surface area contributed by atoms with Gasteiger partial charge in [0.2, 0.25) is 0 Å². The number of aliphatic hydroxyl groups is 4. The molecular weight excluding hydrogens is 472 g/mol. The van der Waals surface area contributed by atoms with E-state index in [1.807, 2.05) is 0 Å². The highest BCUT2D eigenvalue weighted by Crippen LogP contribution is 2.52. The van der Waals surface area contributed by atoms with Crippen molar-refractivity contribution >= 4 is 17.5 Å². The number of aliphatic hydroxyl groups excluding tert-OH is 4. The number of fused-ring (bicyclic) bond motifs is 2. The summed E-state index contributed by atoms with van der Waals surface area (Å²) in [5, 5.41) is 91.1. The fraction of sp³-hybridized carbons (Fsp3) is 0.318. The van der Waals surface area contributed by atoms with Crippen molar-refractivity contribution in [1.82, 2.24) is 0 Å². The molecule has 13 nitrogen and oxygen atoms in total. The lowest BCUT2D eigenvalue weighted by atomic mass is 9.78. The predicted molar refractivity (Wildman–Crippen MR) is 111 cm³/mol. The quantitative estimate of drug-likeness (QED) is 0.154. The van der Waals surface area contributed by atoms with E-state index >= 15 is 0 Å². The highest BCUT2D eigenvalue weighted by atomic mass is 16.6. The summed E-state index contributed by atoms with van der Waals surface area (Å²) < 4.78 is 5.31. The van der Waals surface area contributed by atoms with Gasteiger partial charge in [0.15, 0.2) is 23.1 Å². The predicted octanol–water partition coefficient (Wildman–Crippen LogP) is -1.19. The number of rotatable bonds is 4. The fourth-order valence-corrected chi connectivity index (χ4v) is 4.61. The Kier molecular flexibility index (Phi) is 5.70. The van der Waals surface area contributed by atoms with Gasteiger partial charge in [0.1, 0.15) is 47.6 Å². The zero-order chi connectivity index (χ0) is 26.1. The van der Waals surface area contributed by atoms with Crippen LogP contribution < -0.4 is 0 Å². The Morgan fingerprint density at radius 1 is 0.971 bits per heavy atom. The van der Waals surface area contributed by atoms with Gasteiger partial charge in [-0.05, 0) is 18.6 Å². The number of carboxylic acids is 1. The van der Waals surface area contributed by atoms with Gasteiger partial charge in [0, 0.05) is 11.1 Å². The molecule has 0 aromatic heterocycles. The minimum Gasteiger partial charge on any atom is -0.507 e. The number of ether oxygens (including phenoxy) is 1. The standard InChI is InChI=1S/C22H20O13/c1-4-8-5(2-6(24)9(4)22(33)34)13(26)10-11(14(8)27)15(28)12(17(30)16(10)29)21-19(32)18(31)20(35-21)7(25)3-23/h2,7,18-21,23-25,28-32H,3H2,1H3,(H,33,34)/t7-,18-,19-,20-,21-/m1/s1. The number of hydrogen-bond donors (Lipinski definition) is 9. The van der Waals surface area contributed by atoms with Gasteiger partial charge in [-0.1, -0.05) is 0 Å². The van der Waals surface area contributed by atoms with Crippen LogP contribution in [-0.4, -0.2) is 94.5 Å². The molecule has 186 valence electrons. The number of aromatic carboxylic acids is 1. The van der Waals surface area contributed by atoms with E-state index in [9.17, 15) is 55.2 Å². The molecule has 2 aliphatic rings. The van der Waals surface area contributed by atoms with Crippen molar-refractivity contribution in [2.75, 3.05) is 6.61 Å². The molecule has 1 heterocycles. The summed E-state index contributed by atoms with van der Waals surface area (Å²) in [6.45, 7) is 0.272. The molecule has 0 saturated carbocycles. The molecule has 9 N–H and O–H groups in total. The summed E-state index contributed by atoms with van der Waals surface area (Å²) in [7, 11) is 0. The maximum absolute atomic E-state index is 13.4. The van der Waals surface area contributed by atoms with Gasteiger partial charge < -0.3 is 50.7 Å². The van der Waals surface area contributed by atoms with Crippen molar-refractivity contribution in [3.8, 4) is 23.0 Å².